The van der Waals surface area contributed by atoms with E-state index >= 15 is 0 Å². The van der Waals surface area contributed by atoms with Crippen LogP contribution in [0.5, 0.6) is 0 Å². The second-order valence-corrected chi connectivity index (χ2v) is 9.40. The summed E-state index contributed by atoms with van der Waals surface area (Å²) >= 11 is 7.83. The smallest absolute Gasteiger partial charge is 0.253 e. The summed E-state index contributed by atoms with van der Waals surface area (Å²) in [6, 6.07) is 6.95. The van der Waals surface area contributed by atoms with Crippen molar-refractivity contribution in [3.8, 4) is 0 Å². The van der Waals surface area contributed by atoms with Crippen molar-refractivity contribution in [2.45, 2.75) is 44.0 Å². The van der Waals surface area contributed by atoms with Crippen molar-refractivity contribution in [2.24, 2.45) is 5.92 Å². The number of halogens is 1. The van der Waals surface area contributed by atoms with Crippen LogP contribution in [-0.2, 0) is 4.79 Å². The average Bonchev–Trinajstić information content (AvgIpc) is 3.09. The van der Waals surface area contributed by atoms with Crippen LogP contribution in [0, 0.1) is 5.92 Å². The molecule has 2 fully saturated rings. The zero-order valence-electron chi connectivity index (χ0n) is 16.0. The Kier molecular flexibility index (Phi) is 6.71. The molecule has 27 heavy (non-hydrogen) atoms. The number of rotatable bonds is 5. The summed E-state index contributed by atoms with van der Waals surface area (Å²) in [6.45, 7) is 6.38. The highest BCUT2D eigenvalue weighted by molar-refractivity contribution is 8.01. The van der Waals surface area contributed by atoms with Crippen molar-refractivity contribution >= 4 is 35.2 Å². The Balaban J connectivity index is 1.51. The van der Waals surface area contributed by atoms with Crippen molar-refractivity contribution in [3.63, 3.8) is 0 Å². The first-order chi connectivity index (χ1) is 12.9. The maximum absolute atomic E-state index is 12.7. The quantitative estimate of drug-likeness (QED) is 0.784. The first-order valence-electron chi connectivity index (χ1n) is 9.66. The SMILES string of the molecule is CCC(C)CNC(=O)C1CSC2(CCN(C(=O)c3cccc(Cl)c3)CC2)N1. The van der Waals surface area contributed by atoms with Crippen LogP contribution in [0.1, 0.15) is 43.5 Å². The molecule has 3 rings (SSSR count). The van der Waals surface area contributed by atoms with Crippen LogP contribution in [-0.4, -0.2) is 53.0 Å². The highest BCUT2D eigenvalue weighted by atomic mass is 35.5. The molecule has 0 saturated carbocycles. The maximum atomic E-state index is 12.7. The number of nitrogens with one attached hydrogen (secondary N) is 2. The van der Waals surface area contributed by atoms with Gasteiger partial charge in [0.1, 0.15) is 0 Å². The van der Waals surface area contributed by atoms with Gasteiger partial charge < -0.3 is 10.2 Å². The molecule has 1 aromatic rings. The summed E-state index contributed by atoms with van der Waals surface area (Å²) in [6.07, 6.45) is 2.76. The standard InChI is InChI=1S/C20H28ClN3O2S/c1-3-14(2)12-22-18(25)17-13-27-20(23-17)7-9-24(10-8-20)19(26)15-5-4-6-16(21)11-15/h4-6,11,14,17,23H,3,7-10,12-13H2,1-2H3,(H,22,25). The van der Waals surface area contributed by atoms with Crippen LogP contribution in [0.2, 0.25) is 5.02 Å². The number of amides is 2. The molecule has 0 aromatic heterocycles. The monoisotopic (exact) mass is 409 g/mol. The molecule has 2 atom stereocenters. The number of thioether (sulfide) groups is 1. The Hall–Kier alpha value is -1.24. The van der Waals surface area contributed by atoms with Crippen LogP contribution >= 0.6 is 23.4 Å². The molecule has 2 amide bonds. The lowest BCUT2D eigenvalue weighted by molar-refractivity contribution is -0.122. The number of hydrogen-bond donors (Lipinski definition) is 2. The molecule has 2 N–H and O–H groups in total. The van der Waals surface area contributed by atoms with Crippen molar-refractivity contribution in [3.05, 3.63) is 34.9 Å². The Morgan fingerprint density at radius 3 is 2.81 bits per heavy atom. The molecule has 2 aliphatic rings. The van der Waals surface area contributed by atoms with Gasteiger partial charge >= 0.3 is 0 Å². The fourth-order valence-electron chi connectivity index (χ4n) is 3.49. The minimum absolute atomic E-state index is 0.0261. The molecular weight excluding hydrogens is 382 g/mol. The fraction of sp³-hybridized carbons (Fsp3) is 0.600. The predicted octanol–water partition coefficient (Wildman–Crippen LogP) is 3.14. The molecule has 1 spiro atoms. The lowest BCUT2D eigenvalue weighted by Crippen LogP contribution is -2.54. The van der Waals surface area contributed by atoms with E-state index in [1.54, 1.807) is 24.3 Å². The van der Waals surface area contributed by atoms with E-state index in [2.05, 4.69) is 24.5 Å². The van der Waals surface area contributed by atoms with Crippen LogP contribution in [0.3, 0.4) is 0 Å². The molecule has 2 heterocycles. The van der Waals surface area contributed by atoms with Crippen LogP contribution < -0.4 is 10.6 Å². The van der Waals surface area contributed by atoms with E-state index in [-0.39, 0.29) is 22.7 Å². The van der Waals surface area contributed by atoms with E-state index in [1.807, 2.05) is 16.7 Å². The molecule has 0 aliphatic carbocycles. The van der Waals surface area contributed by atoms with E-state index in [0.29, 0.717) is 29.6 Å². The number of carbonyl (C=O) groups excluding carboxylic acids is 2. The third-order valence-corrected chi connectivity index (χ3v) is 7.35. The van der Waals surface area contributed by atoms with Crippen molar-refractivity contribution < 1.29 is 9.59 Å². The highest BCUT2D eigenvalue weighted by Gasteiger charge is 2.44. The predicted molar refractivity (Wildman–Crippen MR) is 111 cm³/mol. The minimum Gasteiger partial charge on any atom is -0.354 e. The van der Waals surface area contributed by atoms with Gasteiger partial charge in [0, 0.05) is 36.0 Å². The van der Waals surface area contributed by atoms with Gasteiger partial charge in [-0.2, -0.15) is 0 Å². The first-order valence-corrected chi connectivity index (χ1v) is 11.0. The number of benzene rings is 1. The number of carbonyl (C=O) groups is 2. The van der Waals surface area contributed by atoms with Gasteiger partial charge in [0.2, 0.25) is 5.91 Å². The molecule has 2 saturated heterocycles. The van der Waals surface area contributed by atoms with Gasteiger partial charge in [-0.3, -0.25) is 14.9 Å². The van der Waals surface area contributed by atoms with E-state index in [0.717, 1.165) is 31.6 Å². The number of nitrogens with zero attached hydrogens (tertiary/aromatic N) is 1. The topological polar surface area (TPSA) is 61.4 Å². The summed E-state index contributed by atoms with van der Waals surface area (Å²) < 4.78 is 0. The molecular formula is C20H28ClN3O2S. The largest absolute Gasteiger partial charge is 0.354 e. The minimum atomic E-state index is -0.144. The summed E-state index contributed by atoms with van der Waals surface area (Å²) in [5, 5.41) is 7.18. The zero-order chi connectivity index (χ0) is 19.4. The van der Waals surface area contributed by atoms with E-state index in [1.165, 1.54) is 0 Å². The van der Waals surface area contributed by atoms with Gasteiger partial charge in [0.15, 0.2) is 0 Å². The van der Waals surface area contributed by atoms with Crippen molar-refractivity contribution in [1.82, 2.24) is 15.5 Å². The van der Waals surface area contributed by atoms with Crippen LogP contribution in [0.25, 0.3) is 0 Å². The molecule has 5 nitrogen and oxygen atoms in total. The summed E-state index contributed by atoms with van der Waals surface area (Å²) in [7, 11) is 0. The van der Waals surface area contributed by atoms with Gasteiger partial charge in [-0.05, 0) is 37.0 Å². The third kappa shape index (κ3) is 4.98. The zero-order valence-corrected chi connectivity index (χ0v) is 17.5. The lowest BCUT2D eigenvalue weighted by Gasteiger charge is -2.39. The van der Waals surface area contributed by atoms with Gasteiger partial charge in [0.25, 0.3) is 5.91 Å². The normalized spacial score (nSPS) is 22.6. The van der Waals surface area contributed by atoms with E-state index < -0.39 is 0 Å². The van der Waals surface area contributed by atoms with E-state index in [4.69, 9.17) is 11.6 Å². The maximum Gasteiger partial charge on any atom is 0.253 e. The number of likely N-dealkylation sites (tertiary alicyclic amines) is 1. The molecule has 0 radical (unpaired) electrons. The van der Waals surface area contributed by atoms with Gasteiger partial charge in [-0.25, -0.2) is 0 Å². The summed E-state index contributed by atoms with van der Waals surface area (Å²) in [4.78, 5) is 26.9. The van der Waals surface area contributed by atoms with E-state index in [9.17, 15) is 9.59 Å². The Bertz CT molecular complexity index is 692. The van der Waals surface area contributed by atoms with Gasteiger partial charge in [-0.1, -0.05) is 37.9 Å². The number of piperidine rings is 1. The average molecular weight is 410 g/mol. The Morgan fingerprint density at radius 2 is 2.15 bits per heavy atom. The molecule has 0 bridgehead atoms. The lowest BCUT2D eigenvalue weighted by atomic mass is 10.0. The first kappa shape index (κ1) is 20.5. The van der Waals surface area contributed by atoms with Crippen molar-refractivity contribution in [2.75, 3.05) is 25.4 Å². The van der Waals surface area contributed by atoms with Gasteiger partial charge in [0.05, 0.1) is 10.9 Å². The van der Waals surface area contributed by atoms with Crippen LogP contribution in [0.4, 0.5) is 0 Å². The molecule has 2 unspecified atom stereocenters. The summed E-state index contributed by atoms with van der Waals surface area (Å²) in [5.41, 5.74) is 0.632. The molecule has 148 valence electrons. The Morgan fingerprint density at radius 1 is 1.41 bits per heavy atom. The molecule has 7 heteroatoms. The summed E-state index contributed by atoms with van der Waals surface area (Å²) in [5.74, 6) is 1.40. The molecule has 1 aromatic carbocycles. The highest BCUT2D eigenvalue weighted by Crippen LogP contribution is 2.39. The van der Waals surface area contributed by atoms with Crippen molar-refractivity contribution in [1.29, 1.82) is 0 Å². The third-order valence-electron chi connectivity index (χ3n) is 5.53. The molecule has 2 aliphatic heterocycles. The van der Waals surface area contributed by atoms with Crippen LogP contribution in [0.15, 0.2) is 24.3 Å². The van der Waals surface area contributed by atoms with Gasteiger partial charge in [-0.15, -0.1) is 11.8 Å². The number of hydrogen-bond acceptors (Lipinski definition) is 4. The fourth-order valence-corrected chi connectivity index (χ4v) is 5.10. The Labute approximate surface area is 170 Å². The second-order valence-electron chi connectivity index (χ2n) is 7.56. The second kappa shape index (κ2) is 8.84.